The summed E-state index contributed by atoms with van der Waals surface area (Å²) in [7, 11) is 0. The Morgan fingerprint density at radius 2 is 1.47 bits per heavy atom. The lowest BCUT2D eigenvalue weighted by Gasteiger charge is -2.11. The Hall–Kier alpha value is -2.24. The summed E-state index contributed by atoms with van der Waals surface area (Å²) in [5, 5.41) is 17.8. The fourth-order valence-electron chi connectivity index (χ4n) is 1.46. The summed E-state index contributed by atoms with van der Waals surface area (Å²) < 4.78 is 9.87. The van der Waals surface area contributed by atoms with Gasteiger partial charge in [-0.15, -0.1) is 0 Å². The number of hydrogen-bond donors (Lipinski definition) is 2. The lowest BCUT2D eigenvalue weighted by Crippen LogP contribution is -2.12. The highest BCUT2D eigenvalue weighted by Crippen LogP contribution is 2.17. The number of rotatable bonds is 11. The highest BCUT2D eigenvalue weighted by atomic mass is 16.5. The first-order valence-electron chi connectivity index (χ1n) is 5.63. The summed E-state index contributed by atoms with van der Waals surface area (Å²) in [6.45, 7) is 7.23. The van der Waals surface area contributed by atoms with Crippen LogP contribution in [0.2, 0.25) is 0 Å². The Balaban J connectivity index is 4.94. The highest BCUT2D eigenvalue weighted by Gasteiger charge is 2.17. The molecule has 0 spiro atoms. The minimum absolute atomic E-state index is 0.132. The molecule has 0 aliphatic heterocycles. The second kappa shape index (κ2) is 9.76. The summed E-state index contributed by atoms with van der Waals surface area (Å²) in [6.07, 6.45) is 2.57. The van der Waals surface area contributed by atoms with E-state index >= 15 is 0 Å². The molecule has 0 aromatic carbocycles. The van der Waals surface area contributed by atoms with Gasteiger partial charge in [0.1, 0.15) is 0 Å². The zero-order valence-electron chi connectivity index (χ0n) is 10.6. The molecule has 2 N–H and O–H groups in total. The number of carbonyl (C=O) groups is 2. The van der Waals surface area contributed by atoms with Gasteiger partial charge in [0, 0.05) is 18.4 Å². The molecule has 0 saturated carbocycles. The molecule has 0 radical (unpaired) electrons. The van der Waals surface area contributed by atoms with Gasteiger partial charge in [-0.2, -0.15) is 0 Å². The van der Waals surface area contributed by atoms with Crippen molar-refractivity contribution in [3.63, 3.8) is 0 Å². The van der Waals surface area contributed by atoms with Crippen molar-refractivity contribution in [2.75, 3.05) is 13.2 Å². The molecule has 6 nitrogen and oxygen atoms in total. The standard InChI is InChI=1S/C13H18O6/c1-3-18-7-5-10(6-8-19-4-2)11(13(16)17)9-12(14)15/h3-4H,1-2,5-9H2,(H,14,15)(H,16,17). The number of aliphatic carboxylic acids is 2. The lowest BCUT2D eigenvalue weighted by molar-refractivity contribution is -0.139. The van der Waals surface area contributed by atoms with Gasteiger partial charge in [0.2, 0.25) is 0 Å². The van der Waals surface area contributed by atoms with Crippen LogP contribution in [0.1, 0.15) is 19.3 Å². The van der Waals surface area contributed by atoms with Gasteiger partial charge in [0.15, 0.2) is 0 Å². The van der Waals surface area contributed by atoms with Crippen LogP contribution in [0.25, 0.3) is 0 Å². The summed E-state index contributed by atoms with van der Waals surface area (Å²) in [5.41, 5.74) is 0.353. The van der Waals surface area contributed by atoms with E-state index in [4.69, 9.17) is 19.7 Å². The van der Waals surface area contributed by atoms with Crippen LogP contribution in [0.5, 0.6) is 0 Å². The van der Waals surface area contributed by atoms with Gasteiger partial charge in [-0.1, -0.05) is 18.7 Å². The number of ether oxygens (including phenoxy) is 2. The van der Waals surface area contributed by atoms with Crippen molar-refractivity contribution >= 4 is 11.9 Å². The monoisotopic (exact) mass is 270 g/mol. The van der Waals surface area contributed by atoms with Gasteiger partial charge in [0.25, 0.3) is 0 Å². The number of carboxylic acid groups (broad SMARTS) is 2. The van der Waals surface area contributed by atoms with E-state index < -0.39 is 18.4 Å². The van der Waals surface area contributed by atoms with Crippen molar-refractivity contribution < 1.29 is 29.3 Å². The fourth-order valence-corrected chi connectivity index (χ4v) is 1.46. The third-order valence-electron chi connectivity index (χ3n) is 2.29. The van der Waals surface area contributed by atoms with Gasteiger partial charge < -0.3 is 19.7 Å². The van der Waals surface area contributed by atoms with Crippen molar-refractivity contribution in [2.45, 2.75) is 19.3 Å². The Kier molecular flexibility index (Phi) is 8.61. The van der Waals surface area contributed by atoms with E-state index in [1.54, 1.807) is 0 Å². The molecule has 0 aromatic heterocycles. The van der Waals surface area contributed by atoms with Crippen LogP contribution in [0.15, 0.2) is 36.8 Å². The van der Waals surface area contributed by atoms with E-state index in [-0.39, 0.29) is 18.8 Å². The van der Waals surface area contributed by atoms with E-state index in [2.05, 4.69) is 13.2 Å². The van der Waals surface area contributed by atoms with E-state index in [1.807, 2.05) is 0 Å². The summed E-state index contributed by atoms with van der Waals surface area (Å²) in [4.78, 5) is 21.8. The molecule has 0 aromatic rings. The van der Waals surface area contributed by atoms with Gasteiger partial charge in [0.05, 0.1) is 32.2 Å². The zero-order chi connectivity index (χ0) is 14.7. The van der Waals surface area contributed by atoms with Gasteiger partial charge >= 0.3 is 11.9 Å². The van der Waals surface area contributed by atoms with Crippen molar-refractivity contribution in [1.82, 2.24) is 0 Å². The van der Waals surface area contributed by atoms with E-state index in [0.29, 0.717) is 18.4 Å². The Bertz CT molecular complexity index is 353. The minimum Gasteiger partial charge on any atom is -0.501 e. The van der Waals surface area contributed by atoms with E-state index in [1.165, 1.54) is 12.5 Å². The minimum atomic E-state index is -1.24. The van der Waals surface area contributed by atoms with Crippen LogP contribution >= 0.6 is 0 Å². The number of hydrogen-bond acceptors (Lipinski definition) is 4. The molecule has 0 saturated heterocycles. The molecule has 0 unspecified atom stereocenters. The maximum atomic E-state index is 11.1. The molecule has 0 heterocycles. The fraction of sp³-hybridized carbons (Fsp3) is 0.385. The normalized spacial score (nSPS) is 9.26. The maximum absolute atomic E-state index is 11.1. The first kappa shape index (κ1) is 16.8. The largest absolute Gasteiger partial charge is 0.501 e. The molecular weight excluding hydrogens is 252 g/mol. The third kappa shape index (κ3) is 7.64. The Labute approximate surface area is 111 Å². The first-order valence-corrected chi connectivity index (χ1v) is 5.63. The van der Waals surface area contributed by atoms with E-state index in [0.717, 1.165) is 0 Å². The molecule has 0 amide bonds. The van der Waals surface area contributed by atoms with Gasteiger partial charge in [-0.25, -0.2) is 4.79 Å². The average Bonchev–Trinajstić information content (AvgIpc) is 2.34. The van der Waals surface area contributed by atoms with Crippen LogP contribution in [0, 0.1) is 0 Å². The molecule has 19 heavy (non-hydrogen) atoms. The second-order valence-electron chi connectivity index (χ2n) is 3.53. The summed E-state index contributed by atoms with van der Waals surface area (Å²) in [6, 6.07) is 0. The summed E-state index contributed by atoms with van der Waals surface area (Å²) >= 11 is 0. The van der Waals surface area contributed by atoms with E-state index in [9.17, 15) is 9.59 Å². The van der Waals surface area contributed by atoms with Crippen LogP contribution in [-0.4, -0.2) is 35.4 Å². The molecule has 0 bridgehead atoms. The molecule has 6 heteroatoms. The highest BCUT2D eigenvalue weighted by molar-refractivity contribution is 5.92. The SMILES string of the molecule is C=COCCC(CCOC=C)=C(CC(=O)O)C(=O)O. The molecule has 0 fully saturated rings. The molecule has 0 rings (SSSR count). The van der Waals surface area contributed by atoms with Crippen molar-refractivity contribution in [1.29, 1.82) is 0 Å². The molecule has 106 valence electrons. The molecular formula is C13H18O6. The average molecular weight is 270 g/mol. The smallest absolute Gasteiger partial charge is 0.332 e. The van der Waals surface area contributed by atoms with Crippen molar-refractivity contribution in [3.05, 3.63) is 36.8 Å². The zero-order valence-corrected chi connectivity index (χ0v) is 10.6. The van der Waals surface area contributed by atoms with Gasteiger partial charge in [-0.05, 0) is 0 Å². The van der Waals surface area contributed by atoms with Crippen LogP contribution in [0.4, 0.5) is 0 Å². The van der Waals surface area contributed by atoms with Crippen molar-refractivity contribution in [2.24, 2.45) is 0 Å². The molecule has 0 atom stereocenters. The Morgan fingerprint density at radius 3 is 1.79 bits per heavy atom. The molecule has 0 aliphatic rings. The predicted octanol–water partition coefficient (Wildman–Crippen LogP) is 1.94. The molecule has 0 aliphatic carbocycles. The maximum Gasteiger partial charge on any atom is 0.332 e. The van der Waals surface area contributed by atoms with Crippen molar-refractivity contribution in [3.8, 4) is 0 Å². The number of carboxylic acids is 2. The quantitative estimate of drug-likeness (QED) is 0.338. The van der Waals surface area contributed by atoms with Crippen LogP contribution < -0.4 is 0 Å². The second-order valence-corrected chi connectivity index (χ2v) is 3.53. The first-order chi connectivity index (χ1) is 9.02. The summed E-state index contributed by atoms with van der Waals surface area (Å²) in [5.74, 6) is -2.43. The predicted molar refractivity (Wildman–Crippen MR) is 68.4 cm³/mol. The van der Waals surface area contributed by atoms with Crippen LogP contribution in [-0.2, 0) is 19.1 Å². The Morgan fingerprint density at radius 1 is 1.00 bits per heavy atom. The van der Waals surface area contributed by atoms with Gasteiger partial charge in [-0.3, -0.25) is 4.79 Å². The third-order valence-corrected chi connectivity index (χ3v) is 2.29. The lowest BCUT2D eigenvalue weighted by atomic mass is 10.00. The van der Waals surface area contributed by atoms with Crippen LogP contribution in [0.3, 0.4) is 0 Å². The topological polar surface area (TPSA) is 93.1 Å².